The molecule has 1 atom stereocenters. The van der Waals surface area contributed by atoms with Crippen LogP contribution in [0.1, 0.15) is 12.5 Å². The van der Waals surface area contributed by atoms with Gasteiger partial charge in [-0.05, 0) is 28.9 Å². The summed E-state index contributed by atoms with van der Waals surface area (Å²) in [5.74, 6) is -1.15. The highest BCUT2D eigenvalue weighted by Gasteiger charge is 2.33. The van der Waals surface area contributed by atoms with E-state index in [2.05, 4.69) is 20.9 Å². The van der Waals surface area contributed by atoms with Crippen LogP contribution in [0.4, 0.5) is 0 Å². The molecule has 0 bridgehead atoms. The molecule has 0 aromatic carbocycles. The monoisotopic (exact) mass is 278 g/mol. The van der Waals surface area contributed by atoms with Crippen LogP contribution in [0, 0.1) is 0 Å². The van der Waals surface area contributed by atoms with Crippen molar-refractivity contribution in [3.05, 3.63) is 27.5 Å². The first-order valence-corrected chi connectivity index (χ1v) is 4.86. The van der Waals surface area contributed by atoms with Gasteiger partial charge >= 0.3 is 5.97 Å². The van der Waals surface area contributed by atoms with Crippen LogP contribution in [0.25, 0.3) is 0 Å². The maximum Gasteiger partial charge on any atom is 0.328 e. The topological polar surface area (TPSA) is 76.2 Å². The van der Waals surface area contributed by atoms with Crippen molar-refractivity contribution in [3.63, 3.8) is 0 Å². The van der Waals surface area contributed by atoms with E-state index in [1.165, 1.54) is 13.1 Å². The van der Waals surface area contributed by atoms with E-state index < -0.39 is 11.5 Å². The van der Waals surface area contributed by atoms with Crippen molar-refractivity contribution in [1.82, 2.24) is 4.98 Å². The predicted molar refractivity (Wildman–Crippen MR) is 56.1 cm³/mol. The molecule has 76 valence electrons. The molecule has 0 aliphatic carbocycles. The van der Waals surface area contributed by atoms with Crippen LogP contribution in [0.15, 0.2) is 16.7 Å². The van der Waals surface area contributed by atoms with Crippen LogP contribution in [0.3, 0.4) is 0 Å². The number of carbonyl (C=O) groups is 1. The zero-order valence-corrected chi connectivity index (χ0v) is 9.63. The standard InChI is InChI=1S/C8H8BrClN2O2/c1-8(11,7(13)14)5-2-4(9)3-12-6(5)10/h2-3H,11H2,1H3,(H,13,14)/t8-/m1/s1. The van der Waals surface area contributed by atoms with Gasteiger partial charge in [0.25, 0.3) is 0 Å². The SMILES string of the molecule is C[C@](N)(C(=O)O)c1cc(Br)cnc1Cl. The van der Waals surface area contributed by atoms with Crippen LogP contribution in [0.5, 0.6) is 0 Å². The lowest BCUT2D eigenvalue weighted by Gasteiger charge is -2.20. The number of nitrogens with zero attached hydrogens (tertiary/aromatic N) is 1. The fourth-order valence-corrected chi connectivity index (χ4v) is 1.53. The van der Waals surface area contributed by atoms with Gasteiger partial charge in [-0.25, -0.2) is 9.78 Å². The molecule has 3 N–H and O–H groups in total. The number of hydrogen-bond donors (Lipinski definition) is 2. The first-order chi connectivity index (χ1) is 6.35. The van der Waals surface area contributed by atoms with Crippen molar-refractivity contribution in [2.45, 2.75) is 12.5 Å². The zero-order valence-electron chi connectivity index (χ0n) is 7.29. The van der Waals surface area contributed by atoms with Crippen molar-refractivity contribution >= 4 is 33.5 Å². The normalized spacial score (nSPS) is 14.9. The Morgan fingerprint density at radius 2 is 2.36 bits per heavy atom. The van der Waals surface area contributed by atoms with Crippen LogP contribution in [-0.2, 0) is 10.3 Å². The number of rotatable bonds is 2. The molecule has 1 rings (SSSR count). The molecular formula is C8H8BrClN2O2. The van der Waals surface area contributed by atoms with Crippen LogP contribution in [-0.4, -0.2) is 16.1 Å². The Balaban J connectivity index is 3.31. The third kappa shape index (κ3) is 2.05. The highest BCUT2D eigenvalue weighted by molar-refractivity contribution is 9.10. The molecule has 0 saturated heterocycles. The molecule has 0 fully saturated rings. The molecule has 0 aliphatic heterocycles. The van der Waals surface area contributed by atoms with E-state index >= 15 is 0 Å². The second-order valence-corrected chi connectivity index (χ2v) is 4.27. The largest absolute Gasteiger partial charge is 0.480 e. The van der Waals surface area contributed by atoms with Gasteiger partial charge in [0.2, 0.25) is 0 Å². The van der Waals surface area contributed by atoms with Crippen LogP contribution >= 0.6 is 27.5 Å². The molecule has 0 spiro atoms. The highest BCUT2D eigenvalue weighted by atomic mass is 79.9. The fraction of sp³-hybridized carbons (Fsp3) is 0.250. The first-order valence-electron chi connectivity index (χ1n) is 3.69. The van der Waals surface area contributed by atoms with Gasteiger partial charge < -0.3 is 10.8 Å². The molecule has 1 aromatic heterocycles. The minimum Gasteiger partial charge on any atom is -0.480 e. The van der Waals surface area contributed by atoms with Gasteiger partial charge in [-0.3, -0.25) is 0 Å². The van der Waals surface area contributed by atoms with Crippen molar-refractivity contribution in [2.75, 3.05) is 0 Å². The third-order valence-corrected chi connectivity index (χ3v) is 2.54. The van der Waals surface area contributed by atoms with E-state index in [9.17, 15) is 4.79 Å². The van der Waals surface area contributed by atoms with Gasteiger partial charge in [0.15, 0.2) is 0 Å². The zero-order chi connectivity index (χ0) is 10.9. The highest BCUT2D eigenvalue weighted by Crippen LogP contribution is 2.27. The van der Waals surface area contributed by atoms with Crippen molar-refractivity contribution in [2.24, 2.45) is 5.73 Å². The van der Waals surface area contributed by atoms with E-state index in [1.807, 2.05) is 0 Å². The molecule has 6 heteroatoms. The minimum absolute atomic E-state index is 0.0978. The summed E-state index contributed by atoms with van der Waals surface area (Å²) < 4.78 is 0.634. The number of carboxylic acids is 1. The third-order valence-electron chi connectivity index (χ3n) is 1.81. The lowest BCUT2D eigenvalue weighted by atomic mass is 9.95. The minimum atomic E-state index is -1.53. The summed E-state index contributed by atoms with van der Waals surface area (Å²) in [5.41, 5.74) is 4.35. The Kier molecular flexibility index (Phi) is 3.14. The summed E-state index contributed by atoms with van der Waals surface area (Å²) in [5, 5.41) is 8.98. The molecule has 0 radical (unpaired) electrons. The molecule has 4 nitrogen and oxygen atoms in total. The Labute approximate surface area is 94.2 Å². The average molecular weight is 280 g/mol. The summed E-state index contributed by atoms with van der Waals surface area (Å²) in [6.45, 7) is 1.37. The van der Waals surface area contributed by atoms with Gasteiger partial charge in [0.1, 0.15) is 10.7 Å². The Morgan fingerprint density at radius 1 is 1.79 bits per heavy atom. The second-order valence-electron chi connectivity index (χ2n) is 3.00. The summed E-state index contributed by atoms with van der Waals surface area (Å²) in [6.07, 6.45) is 1.48. The fourth-order valence-electron chi connectivity index (χ4n) is 0.902. The number of hydrogen-bond acceptors (Lipinski definition) is 3. The summed E-state index contributed by atoms with van der Waals surface area (Å²) >= 11 is 8.92. The quantitative estimate of drug-likeness (QED) is 0.809. The summed E-state index contributed by atoms with van der Waals surface area (Å²) in [6, 6.07) is 1.55. The van der Waals surface area contributed by atoms with E-state index in [1.54, 1.807) is 6.07 Å². The number of aromatic nitrogens is 1. The molecule has 1 heterocycles. The number of nitrogens with two attached hydrogens (primary N) is 1. The lowest BCUT2D eigenvalue weighted by molar-refractivity contribution is -0.143. The number of carboxylic acid groups (broad SMARTS) is 1. The molecule has 0 amide bonds. The molecular weight excluding hydrogens is 271 g/mol. The average Bonchev–Trinajstić information content (AvgIpc) is 2.08. The number of halogens is 2. The Morgan fingerprint density at radius 3 is 2.86 bits per heavy atom. The second kappa shape index (κ2) is 3.84. The molecule has 0 saturated carbocycles. The van der Waals surface area contributed by atoms with Crippen LogP contribution in [0.2, 0.25) is 5.15 Å². The lowest BCUT2D eigenvalue weighted by Crippen LogP contribution is -2.42. The molecule has 0 unspecified atom stereocenters. The summed E-state index contributed by atoms with van der Waals surface area (Å²) in [4.78, 5) is 14.7. The van der Waals surface area contributed by atoms with Gasteiger partial charge in [0.05, 0.1) is 0 Å². The molecule has 0 aliphatic rings. The number of aliphatic carboxylic acids is 1. The molecule has 1 aromatic rings. The Hall–Kier alpha value is -0.650. The Bertz CT molecular complexity index is 382. The van der Waals surface area contributed by atoms with Gasteiger partial charge in [-0.15, -0.1) is 0 Å². The van der Waals surface area contributed by atoms with Crippen molar-refractivity contribution in [1.29, 1.82) is 0 Å². The van der Waals surface area contributed by atoms with E-state index in [0.29, 0.717) is 4.47 Å². The van der Waals surface area contributed by atoms with Crippen molar-refractivity contribution < 1.29 is 9.90 Å². The van der Waals surface area contributed by atoms with Gasteiger partial charge in [-0.1, -0.05) is 11.6 Å². The number of pyridine rings is 1. The summed E-state index contributed by atoms with van der Waals surface area (Å²) in [7, 11) is 0. The van der Waals surface area contributed by atoms with Gasteiger partial charge in [-0.2, -0.15) is 0 Å². The maximum atomic E-state index is 10.9. The first kappa shape index (κ1) is 11.4. The predicted octanol–water partition coefficient (Wildman–Crippen LogP) is 1.76. The smallest absolute Gasteiger partial charge is 0.328 e. The van der Waals surface area contributed by atoms with Crippen molar-refractivity contribution in [3.8, 4) is 0 Å². The van der Waals surface area contributed by atoms with Crippen LogP contribution < -0.4 is 5.73 Å². The molecule has 14 heavy (non-hydrogen) atoms. The maximum absolute atomic E-state index is 10.9. The van der Waals surface area contributed by atoms with E-state index in [4.69, 9.17) is 22.4 Å². The van der Waals surface area contributed by atoms with E-state index in [-0.39, 0.29) is 10.7 Å². The van der Waals surface area contributed by atoms with Gasteiger partial charge in [0, 0.05) is 16.2 Å². The van der Waals surface area contributed by atoms with E-state index in [0.717, 1.165) is 0 Å².